The number of amides is 1. The fourth-order valence-corrected chi connectivity index (χ4v) is 2.58. The van der Waals surface area contributed by atoms with Crippen molar-refractivity contribution in [1.29, 1.82) is 0 Å². The molecule has 0 N–H and O–H groups in total. The van der Waals surface area contributed by atoms with Gasteiger partial charge in [0.05, 0.1) is 19.3 Å². The van der Waals surface area contributed by atoms with Crippen LogP contribution in [0.25, 0.3) is 0 Å². The van der Waals surface area contributed by atoms with Crippen molar-refractivity contribution in [3.63, 3.8) is 0 Å². The van der Waals surface area contributed by atoms with Crippen molar-refractivity contribution in [3.05, 3.63) is 0 Å². The molecule has 132 valence electrons. The molecule has 0 bridgehead atoms. The minimum absolute atomic E-state index is 0. The van der Waals surface area contributed by atoms with Crippen molar-refractivity contribution >= 4 is 5.91 Å². The maximum absolute atomic E-state index is 11.9. The van der Waals surface area contributed by atoms with E-state index >= 15 is 0 Å². The largest absolute Gasteiger partial charge is 0.379 e. The van der Waals surface area contributed by atoms with Crippen molar-refractivity contribution in [2.45, 2.75) is 66.9 Å². The van der Waals surface area contributed by atoms with Crippen molar-refractivity contribution < 1.29 is 14.3 Å². The molecule has 1 saturated heterocycles. The van der Waals surface area contributed by atoms with Gasteiger partial charge in [0.25, 0.3) is 0 Å². The third-order valence-corrected chi connectivity index (χ3v) is 3.90. The number of hydrogen-bond acceptors (Lipinski definition) is 3. The molecule has 4 nitrogen and oxygen atoms in total. The lowest BCUT2D eigenvalue weighted by atomic mass is 10.1. The number of nitrogens with zero attached hydrogens (tertiary/aromatic N) is 1. The van der Waals surface area contributed by atoms with Crippen LogP contribution >= 0.6 is 0 Å². The Hall–Kier alpha value is -0.610. The van der Waals surface area contributed by atoms with E-state index in [1.807, 2.05) is 18.7 Å². The lowest BCUT2D eigenvalue weighted by Gasteiger charge is -2.33. The first kappa shape index (κ1) is 21.4. The van der Waals surface area contributed by atoms with Gasteiger partial charge >= 0.3 is 0 Å². The Kier molecular flexibility index (Phi) is 11.6. The number of piperidine rings is 1. The van der Waals surface area contributed by atoms with Crippen molar-refractivity contribution in [1.82, 2.24) is 4.90 Å². The van der Waals surface area contributed by atoms with Crippen LogP contribution < -0.4 is 0 Å². The highest BCUT2D eigenvalue weighted by molar-refractivity contribution is 5.78. The van der Waals surface area contributed by atoms with Gasteiger partial charge < -0.3 is 14.4 Å². The Bertz CT molecular complexity index is 284. The second-order valence-electron chi connectivity index (χ2n) is 6.70. The van der Waals surface area contributed by atoms with Crippen LogP contribution in [0.2, 0.25) is 0 Å². The van der Waals surface area contributed by atoms with Gasteiger partial charge in [-0.3, -0.25) is 4.79 Å². The summed E-state index contributed by atoms with van der Waals surface area (Å²) >= 11 is 0. The molecule has 1 rings (SSSR count). The zero-order chi connectivity index (χ0) is 15.7. The summed E-state index contributed by atoms with van der Waals surface area (Å²) in [5.74, 6) is 1.12. The highest BCUT2D eigenvalue weighted by Crippen LogP contribution is 2.15. The van der Waals surface area contributed by atoms with E-state index in [-0.39, 0.29) is 19.3 Å². The number of carbonyl (C=O) groups excluding carboxylic acids is 1. The van der Waals surface area contributed by atoms with Crippen LogP contribution in [-0.2, 0) is 14.3 Å². The maximum atomic E-state index is 11.9. The van der Waals surface area contributed by atoms with Gasteiger partial charge in [0.2, 0.25) is 5.91 Å². The van der Waals surface area contributed by atoms with E-state index in [0.29, 0.717) is 19.3 Å². The second-order valence-corrected chi connectivity index (χ2v) is 6.70. The fourth-order valence-electron chi connectivity index (χ4n) is 2.58. The Morgan fingerprint density at radius 3 is 2.27 bits per heavy atom. The molecular formula is C18H37NO3. The molecule has 0 aromatic carbocycles. The zero-order valence-corrected chi connectivity index (χ0v) is 14.3. The average Bonchev–Trinajstić information content (AvgIpc) is 2.45. The highest BCUT2D eigenvalue weighted by atomic mass is 16.5. The molecular weight excluding hydrogens is 278 g/mol. The summed E-state index contributed by atoms with van der Waals surface area (Å²) in [7, 11) is 0. The van der Waals surface area contributed by atoms with E-state index in [0.717, 1.165) is 44.9 Å². The molecule has 0 aromatic rings. The molecule has 1 aliphatic heterocycles. The van der Waals surface area contributed by atoms with Crippen molar-refractivity contribution in [3.8, 4) is 0 Å². The van der Waals surface area contributed by atoms with Crippen molar-refractivity contribution in [2.75, 3.05) is 32.9 Å². The van der Waals surface area contributed by atoms with Crippen LogP contribution in [0.4, 0.5) is 0 Å². The molecule has 22 heavy (non-hydrogen) atoms. The maximum Gasteiger partial charge on any atom is 0.225 e. The average molecular weight is 315 g/mol. The normalized spacial score (nSPS) is 16.2. The quantitative estimate of drug-likeness (QED) is 0.608. The molecule has 0 saturated carbocycles. The standard InChI is InChI=1S/C17H33NO3.CH4/c1-14(2)6-5-11-20-12-13-21-16-7-9-18(10-8-16)17(19)15(3)4;/h14-16H,5-13H2,1-4H3;1H4. The van der Waals surface area contributed by atoms with E-state index < -0.39 is 0 Å². The van der Waals surface area contributed by atoms with Gasteiger partial charge in [-0.2, -0.15) is 0 Å². The monoisotopic (exact) mass is 315 g/mol. The zero-order valence-electron chi connectivity index (χ0n) is 14.3. The molecule has 1 fully saturated rings. The van der Waals surface area contributed by atoms with Gasteiger partial charge in [0.15, 0.2) is 0 Å². The lowest BCUT2D eigenvalue weighted by Crippen LogP contribution is -2.42. The summed E-state index contributed by atoms with van der Waals surface area (Å²) in [5, 5.41) is 0. The van der Waals surface area contributed by atoms with Crippen LogP contribution in [0, 0.1) is 11.8 Å². The van der Waals surface area contributed by atoms with Gasteiger partial charge in [-0.25, -0.2) is 0 Å². The van der Waals surface area contributed by atoms with Gasteiger partial charge in [0, 0.05) is 25.6 Å². The first-order chi connectivity index (χ1) is 10.0. The smallest absolute Gasteiger partial charge is 0.225 e. The van der Waals surface area contributed by atoms with Crippen LogP contribution in [0.3, 0.4) is 0 Å². The topological polar surface area (TPSA) is 38.8 Å². The Morgan fingerprint density at radius 2 is 1.73 bits per heavy atom. The predicted octanol–water partition coefficient (Wildman–Crippen LogP) is 3.74. The third kappa shape index (κ3) is 8.74. The van der Waals surface area contributed by atoms with Crippen molar-refractivity contribution in [2.24, 2.45) is 11.8 Å². The first-order valence-electron chi connectivity index (χ1n) is 8.48. The summed E-state index contributed by atoms with van der Waals surface area (Å²) in [6, 6.07) is 0. The molecule has 0 spiro atoms. The summed E-state index contributed by atoms with van der Waals surface area (Å²) < 4.78 is 11.4. The molecule has 1 heterocycles. The lowest BCUT2D eigenvalue weighted by molar-refractivity contribution is -0.137. The van der Waals surface area contributed by atoms with Gasteiger partial charge in [-0.05, 0) is 31.6 Å². The molecule has 0 atom stereocenters. The van der Waals surface area contributed by atoms with E-state index in [4.69, 9.17) is 9.47 Å². The minimum atomic E-state index is 0. The Balaban J connectivity index is 0.00000441. The summed E-state index contributed by atoms with van der Waals surface area (Å²) in [5.41, 5.74) is 0. The van der Waals surface area contributed by atoms with E-state index in [1.165, 1.54) is 6.42 Å². The number of hydrogen-bond donors (Lipinski definition) is 0. The van der Waals surface area contributed by atoms with Gasteiger partial charge in [-0.15, -0.1) is 0 Å². The van der Waals surface area contributed by atoms with E-state index in [9.17, 15) is 4.79 Å². The van der Waals surface area contributed by atoms with Crippen LogP contribution in [0.15, 0.2) is 0 Å². The van der Waals surface area contributed by atoms with Crippen LogP contribution in [-0.4, -0.2) is 49.8 Å². The predicted molar refractivity (Wildman–Crippen MR) is 92.0 cm³/mol. The number of ether oxygens (including phenoxy) is 2. The van der Waals surface area contributed by atoms with Crippen LogP contribution in [0.5, 0.6) is 0 Å². The van der Waals surface area contributed by atoms with E-state index in [1.54, 1.807) is 0 Å². The SMILES string of the molecule is C.CC(C)CCCOCCOC1CCN(C(=O)C(C)C)CC1. The molecule has 1 aliphatic rings. The van der Waals surface area contributed by atoms with Gasteiger partial charge in [0.1, 0.15) is 0 Å². The van der Waals surface area contributed by atoms with E-state index in [2.05, 4.69) is 13.8 Å². The number of likely N-dealkylation sites (tertiary alicyclic amines) is 1. The Morgan fingerprint density at radius 1 is 1.09 bits per heavy atom. The summed E-state index contributed by atoms with van der Waals surface area (Å²) in [6.07, 6.45) is 4.55. The minimum Gasteiger partial charge on any atom is -0.379 e. The van der Waals surface area contributed by atoms with Gasteiger partial charge in [-0.1, -0.05) is 35.1 Å². The molecule has 1 amide bonds. The summed E-state index contributed by atoms with van der Waals surface area (Å²) in [6.45, 7) is 12.2. The number of carbonyl (C=O) groups is 1. The number of rotatable bonds is 9. The molecule has 0 unspecified atom stereocenters. The van der Waals surface area contributed by atoms with Crippen LogP contribution in [0.1, 0.15) is 60.8 Å². The molecule has 0 radical (unpaired) electrons. The Labute approximate surface area is 137 Å². The highest BCUT2D eigenvalue weighted by Gasteiger charge is 2.24. The first-order valence-corrected chi connectivity index (χ1v) is 8.48. The fraction of sp³-hybridized carbons (Fsp3) is 0.944. The molecule has 0 aliphatic carbocycles. The third-order valence-electron chi connectivity index (χ3n) is 3.90. The molecule has 4 heteroatoms. The molecule has 0 aromatic heterocycles. The summed E-state index contributed by atoms with van der Waals surface area (Å²) in [4.78, 5) is 13.8. The second kappa shape index (κ2) is 11.9.